The van der Waals surface area contributed by atoms with Crippen LogP contribution in [0.25, 0.3) is 5.76 Å². The van der Waals surface area contributed by atoms with Crippen molar-refractivity contribution in [2.24, 2.45) is 10.2 Å². The summed E-state index contributed by atoms with van der Waals surface area (Å²) in [6, 6.07) is 21.1. The van der Waals surface area contributed by atoms with Crippen LogP contribution in [-0.2, 0) is 0 Å². The highest BCUT2D eigenvalue weighted by Crippen LogP contribution is 2.44. The summed E-state index contributed by atoms with van der Waals surface area (Å²) in [6.45, 7) is 0. The maximum Gasteiger partial charge on any atom is 0.199 e. The lowest BCUT2D eigenvalue weighted by molar-refractivity contribution is 0.103. The molecular formula is C23H16N2O2S. The SMILES string of the molecule is O=C1C(C2=C[C@H](c3ccccc3)[C@H](c3cccs3)N=N2)=C(O)c2ccccc21. The fraction of sp³-hybridized carbons (Fsp3) is 0.0870. The molecule has 5 rings (SSSR count). The lowest BCUT2D eigenvalue weighted by Gasteiger charge is -2.24. The number of hydrogen-bond donors (Lipinski definition) is 1. The van der Waals surface area contributed by atoms with Gasteiger partial charge >= 0.3 is 0 Å². The summed E-state index contributed by atoms with van der Waals surface area (Å²) in [5.41, 5.74) is 2.81. The summed E-state index contributed by atoms with van der Waals surface area (Å²) >= 11 is 1.64. The van der Waals surface area contributed by atoms with Crippen molar-refractivity contribution in [2.75, 3.05) is 0 Å². The predicted octanol–water partition coefficient (Wildman–Crippen LogP) is 6.09. The van der Waals surface area contributed by atoms with Crippen molar-refractivity contribution >= 4 is 22.9 Å². The van der Waals surface area contributed by atoms with Crippen LogP contribution < -0.4 is 0 Å². The number of rotatable bonds is 3. The van der Waals surface area contributed by atoms with Crippen molar-refractivity contribution in [3.63, 3.8) is 0 Å². The first-order valence-electron chi connectivity index (χ1n) is 9.03. The van der Waals surface area contributed by atoms with Gasteiger partial charge in [-0.15, -0.1) is 11.3 Å². The molecule has 136 valence electrons. The molecule has 2 atom stereocenters. The van der Waals surface area contributed by atoms with Crippen molar-refractivity contribution in [1.29, 1.82) is 0 Å². The van der Waals surface area contributed by atoms with Crippen LogP contribution in [0.2, 0.25) is 0 Å². The van der Waals surface area contributed by atoms with Crippen LogP contribution in [0.4, 0.5) is 0 Å². The second-order valence-corrected chi connectivity index (χ2v) is 7.74. The molecular weight excluding hydrogens is 368 g/mol. The van der Waals surface area contributed by atoms with Crippen molar-refractivity contribution in [3.05, 3.63) is 111 Å². The molecule has 4 nitrogen and oxygen atoms in total. The van der Waals surface area contributed by atoms with Gasteiger partial charge in [0.05, 0.1) is 11.3 Å². The van der Waals surface area contributed by atoms with E-state index >= 15 is 0 Å². The maximum absolute atomic E-state index is 12.9. The van der Waals surface area contributed by atoms with Crippen LogP contribution in [0.1, 0.15) is 38.3 Å². The first-order chi connectivity index (χ1) is 13.7. The van der Waals surface area contributed by atoms with Gasteiger partial charge < -0.3 is 5.11 Å². The van der Waals surface area contributed by atoms with E-state index in [1.54, 1.807) is 29.5 Å². The zero-order valence-electron chi connectivity index (χ0n) is 14.8. The molecule has 2 heterocycles. The Balaban J connectivity index is 1.61. The number of aliphatic hydroxyl groups is 1. The van der Waals surface area contributed by atoms with Crippen LogP contribution >= 0.6 is 11.3 Å². The van der Waals surface area contributed by atoms with Crippen LogP contribution in [0, 0.1) is 0 Å². The van der Waals surface area contributed by atoms with E-state index in [9.17, 15) is 9.90 Å². The molecule has 1 aliphatic carbocycles. The Kier molecular flexibility index (Phi) is 4.02. The number of benzene rings is 2. The normalized spacial score (nSPS) is 21.0. The predicted molar refractivity (Wildman–Crippen MR) is 110 cm³/mol. The molecule has 3 aromatic rings. The summed E-state index contributed by atoms with van der Waals surface area (Å²) in [7, 11) is 0. The first-order valence-corrected chi connectivity index (χ1v) is 9.91. The van der Waals surface area contributed by atoms with Crippen molar-refractivity contribution in [3.8, 4) is 0 Å². The molecule has 0 saturated carbocycles. The molecule has 0 spiro atoms. The second kappa shape index (κ2) is 6.69. The molecule has 1 N–H and O–H groups in total. The average Bonchev–Trinajstić information content (AvgIpc) is 3.36. The topological polar surface area (TPSA) is 62.0 Å². The number of fused-ring (bicyclic) bond motifs is 1. The molecule has 0 unspecified atom stereocenters. The van der Waals surface area contributed by atoms with E-state index in [0.29, 0.717) is 16.8 Å². The quantitative estimate of drug-likeness (QED) is 0.594. The minimum atomic E-state index is -0.209. The van der Waals surface area contributed by atoms with E-state index in [1.807, 2.05) is 41.8 Å². The third-order valence-electron chi connectivity index (χ3n) is 5.13. The summed E-state index contributed by atoms with van der Waals surface area (Å²) in [6.07, 6.45) is 1.96. The van der Waals surface area contributed by atoms with Crippen LogP contribution in [0.15, 0.2) is 99.7 Å². The van der Waals surface area contributed by atoms with Gasteiger partial charge in [0.15, 0.2) is 5.78 Å². The summed E-state index contributed by atoms with van der Waals surface area (Å²) < 4.78 is 0. The number of ketones is 1. The molecule has 1 aromatic heterocycles. The van der Waals surface area contributed by atoms with E-state index in [-0.39, 0.29) is 29.1 Å². The Morgan fingerprint density at radius 2 is 1.64 bits per heavy atom. The lowest BCUT2D eigenvalue weighted by atomic mass is 9.88. The highest BCUT2D eigenvalue weighted by atomic mass is 32.1. The summed E-state index contributed by atoms with van der Waals surface area (Å²) in [5, 5.41) is 21.6. The third-order valence-corrected chi connectivity index (χ3v) is 6.08. The zero-order valence-corrected chi connectivity index (χ0v) is 15.6. The molecule has 0 fully saturated rings. The molecule has 2 aromatic carbocycles. The van der Waals surface area contributed by atoms with Gasteiger partial charge in [0.1, 0.15) is 11.8 Å². The fourth-order valence-corrected chi connectivity index (χ4v) is 4.58. The van der Waals surface area contributed by atoms with Gasteiger partial charge in [-0.05, 0) is 23.1 Å². The van der Waals surface area contributed by atoms with E-state index in [0.717, 1.165) is 10.4 Å². The highest BCUT2D eigenvalue weighted by Gasteiger charge is 2.35. The molecule has 2 aliphatic rings. The Morgan fingerprint density at radius 1 is 0.893 bits per heavy atom. The minimum absolute atomic E-state index is 0.0211. The Bertz CT molecular complexity index is 1140. The van der Waals surface area contributed by atoms with Gasteiger partial charge in [0.2, 0.25) is 0 Å². The van der Waals surface area contributed by atoms with Gasteiger partial charge in [0.25, 0.3) is 0 Å². The molecule has 5 heteroatoms. The van der Waals surface area contributed by atoms with E-state index in [4.69, 9.17) is 0 Å². The van der Waals surface area contributed by atoms with Crippen molar-refractivity contribution in [1.82, 2.24) is 0 Å². The molecule has 0 amide bonds. The molecule has 0 radical (unpaired) electrons. The average molecular weight is 384 g/mol. The van der Waals surface area contributed by atoms with Gasteiger partial charge in [0, 0.05) is 21.9 Å². The third kappa shape index (κ3) is 2.63. The van der Waals surface area contributed by atoms with E-state index < -0.39 is 0 Å². The number of hydrogen-bond acceptors (Lipinski definition) is 5. The van der Waals surface area contributed by atoms with E-state index in [2.05, 4.69) is 28.4 Å². The largest absolute Gasteiger partial charge is 0.506 e. The molecule has 0 saturated heterocycles. The lowest BCUT2D eigenvalue weighted by Crippen LogP contribution is -2.12. The number of Topliss-reactive ketones (excluding diaryl/α,β-unsaturated/α-hetero) is 1. The number of azo groups is 1. The molecule has 28 heavy (non-hydrogen) atoms. The van der Waals surface area contributed by atoms with Gasteiger partial charge in [-0.25, -0.2) is 0 Å². The van der Waals surface area contributed by atoms with Crippen LogP contribution in [0.5, 0.6) is 0 Å². The standard InChI is InChI=1S/C23H16N2O2S/c26-22-15-9-4-5-10-16(15)23(27)20(22)18-13-17(14-7-2-1-3-8-14)21(25-24-18)19-11-6-12-28-19/h1-13,17,21,26H/t17-,21-/m1/s1. The monoisotopic (exact) mass is 384 g/mol. The van der Waals surface area contributed by atoms with Gasteiger partial charge in [-0.1, -0.05) is 60.7 Å². The van der Waals surface area contributed by atoms with Crippen LogP contribution in [0.3, 0.4) is 0 Å². The van der Waals surface area contributed by atoms with Crippen molar-refractivity contribution in [2.45, 2.75) is 12.0 Å². The summed E-state index contributed by atoms with van der Waals surface area (Å²) in [4.78, 5) is 14.0. The number of allylic oxidation sites excluding steroid dienone is 1. The number of aliphatic hydroxyl groups excluding tert-OH is 1. The number of thiophene rings is 1. The van der Waals surface area contributed by atoms with Crippen molar-refractivity contribution < 1.29 is 9.90 Å². The Labute approximate surface area is 166 Å². The number of carbonyl (C=O) groups excluding carboxylic acids is 1. The van der Waals surface area contributed by atoms with E-state index in [1.165, 1.54) is 0 Å². The highest BCUT2D eigenvalue weighted by molar-refractivity contribution is 7.10. The zero-order chi connectivity index (χ0) is 19.1. The smallest absolute Gasteiger partial charge is 0.199 e. The number of nitrogens with zero attached hydrogens (tertiary/aromatic N) is 2. The maximum atomic E-state index is 12.9. The molecule has 0 bridgehead atoms. The number of carbonyl (C=O) groups is 1. The Hall–Kier alpha value is -3.31. The van der Waals surface area contributed by atoms with Crippen LogP contribution in [-0.4, -0.2) is 10.9 Å². The Morgan fingerprint density at radius 3 is 2.36 bits per heavy atom. The second-order valence-electron chi connectivity index (χ2n) is 6.76. The summed E-state index contributed by atoms with van der Waals surface area (Å²) in [5.74, 6) is -0.295. The fourth-order valence-electron chi connectivity index (χ4n) is 3.77. The first kappa shape index (κ1) is 16.8. The van der Waals surface area contributed by atoms with Gasteiger partial charge in [-0.2, -0.15) is 10.2 Å². The molecule has 1 aliphatic heterocycles. The minimum Gasteiger partial charge on any atom is -0.506 e. The van der Waals surface area contributed by atoms with Gasteiger partial charge in [-0.3, -0.25) is 4.79 Å².